The van der Waals surface area contributed by atoms with E-state index in [1.54, 1.807) is 6.26 Å². The standard InChI is InChI=1S/C6H8N2O.ClH/c1-2-9-8-6(1)5-3-7-4-5;/h1-2,5,7H,3-4H2;1H. The van der Waals surface area contributed by atoms with Gasteiger partial charge < -0.3 is 9.84 Å². The Labute approximate surface area is 65.2 Å². The van der Waals surface area contributed by atoms with Crippen LogP contribution in [0.25, 0.3) is 0 Å². The van der Waals surface area contributed by atoms with E-state index < -0.39 is 0 Å². The highest BCUT2D eigenvalue weighted by Gasteiger charge is 2.20. The highest BCUT2D eigenvalue weighted by Crippen LogP contribution is 2.16. The van der Waals surface area contributed by atoms with E-state index in [1.807, 2.05) is 6.07 Å². The molecule has 2 heterocycles. The van der Waals surface area contributed by atoms with Crippen LogP contribution in [0.1, 0.15) is 11.6 Å². The Kier molecular flexibility index (Phi) is 2.29. The highest BCUT2D eigenvalue weighted by atomic mass is 35.5. The topological polar surface area (TPSA) is 38.1 Å². The maximum absolute atomic E-state index is 4.69. The van der Waals surface area contributed by atoms with E-state index in [0.717, 1.165) is 18.8 Å². The maximum Gasteiger partial charge on any atom is 0.124 e. The van der Waals surface area contributed by atoms with Gasteiger partial charge in [0.25, 0.3) is 0 Å². The molecule has 0 aromatic carbocycles. The van der Waals surface area contributed by atoms with Crippen LogP contribution >= 0.6 is 12.4 Å². The van der Waals surface area contributed by atoms with Crippen LogP contribution < -0.4 is 5.32 Å². The molecule has 1 saturated heterocycles. The van der Waals surface area contributed by atoms with Gasteiger partial charge in [-0.1, -0.05) is 5.16 Å². The van der Waals surface area contributed by atoms with Gasteiger partial charge in [0.15, 0.2) is 0 Å². The zero-order chi connectivity index (χ0) is 6.10. The number of halogens is 1. The minimum absolute atomic E-state index is 0. The Morgan fingerprint density at radius 3 is 2.80 bits per heavy atom. The van der Waals surface area contributed by atoms with Gasteiger partial charge >= 0.3 is 0 Å². The molecule has 3 nitrogen and oxygen atoms in total. The number of hydrogen-bond acceptors (Lipinski definition) is 3. The summed E-state index contributed by atoms with van der Waals surface area (Å²) in [5, 5.41) is 6.99. The molecule has 0 amide bonds. The van der Waals surface area contributed by atoms with Gasteiger partial charge in [-0.3, -0.25) is 0 Å². The molecule has 0 bridgehead atoms. The molecule has 1 fully saturated rings. The summed E-state index contributed by atoms with van der Waals surface area (Å²) < 4.78 is 4.69. The Hall–Kier alpha value is -0.540. The minimum Gasteiger partial charge on any atom is -0.364 e. The summed E-state index contributed by atoms with van der Waals surface area (Å²) in [4.78, 5) is 0. The van der Waals surface area contributed by atoms with Crippen molar-refractivity contribution in [2.75, 3.05) is 13.1 Å². The Balaban J connectivity index is 0.000000500. The van der Waals surface area contributed by atoms with E-state index in [1.165, 1.54) is 0 Å². The molecule has 1 aliphatic rings. The average Bonchev–Trinajstić information content (AvgIpc) is 2.11. The van der Waals surface area contributed by atoms with E-state index in [2.05, 4.69) is 10.5 Å². The summed E-state index contributed by atoms with van der Waals surface area (Å²) in [7, 11) is 0. The number of aromatic nitrogens is 1. The lowest BCUT2D eigenvalue weighted by Gasteiger charge is -2.24. The van der Waals surface area contributed by atoms with Gasteiger partial charge in [0, 0.05) is 25.1 Å². The number of nitrogens with zero attached hydrogens (tertiary/aromatic N) is 1. The molecule has 10 heavy (non-hydrogen) atoms. The molecule has 4 heteroatoms. The van der Waals surface area contributed by atoms with Gasteiger partial charge in [-0.2, -0.15) is 0 Å². The lowest BCUT2D eigenvalue weighted by molar-refractivity contribution is 0.377. The largest absolute Gasteiger partial charge is 0.364 e. The lowest BCUT2D eigenvalue weighted by atomic mass is 10.0. The van der Waals surface area contributed by atoms with E-state index in [-0.39, 0.29) is 12.4 Å². The lowest BCUT2D eigenvalue weighted by Crippen LogP contribution is -2.39. The third-order valence-corrected chi connectivity index (χ3v) is 1.66. The first-order chi connectivity index (χ1) is 4.47. The Bertz CT molecular complexity index is 184. The first kappa shape index (κ1) is 7.57. The summed E-state index contributed by atoms with van der Waals surface area (Å²) in [6.45, 7) is 2.10. The maximum atomic E-state index is 4.69. The van der Waals surface area contributed by atoms with Crippen LogP contribution in [0.4, 0.5) is 0 Å². The normalized spacial score (nSPS) is 17.6. The van der Waals surface area contributed by atoms with Crippen LogP contribution in [0, 0.1) is 0 Å². The minimum atomic E-state index is 0. The fourth-order valence-electron chi connectivity index (χ4n) is 0.930. The van der Waals surface area contributed by atoms with E-state index >= 15 is 0 Å². The predicted octanol–water partition coefficient (Wildman–Crippen LogP) is 0.783. The van der Waals surface area contributed by atoms with E-state index in [0.29, 0.717) is 5.92 Å². The highest BCUT2D eigenvalue weighted by molar-refractivity contribution is 5.85. The van der Waals surface area contributed by atoms with Gasteiger partial charge in [-0.25, -0.2) is 0 Å². The van der Waals surface area contributed by atoms with Crippen LogP contribution in [0.5, 0.6) is 0 Å². The van der Waals surface area contributed by atoms with Gasteiger partial charge in [-0.15, -0.1) is 12.4 Å². The number of nitrogens with one attached hydrogen (secondary N) is 1. The number of hydrogen-bond donors (Lipinski definition) is 1. The SMILES string of the molecule is Cl.c1cc(C2CNC2)no1. The summed E-state index contributed by atoms with van der Waals surface area (Å²) in [6, 6.07) is 1.92. The Morgan fingerprint density at radius 2 is 2.40 bits per heavy atom. The molecule has 0 radical (unpaired) electrons. The fraction of sp³-hybridized carbons (Fsp3) is 0.500. The molecule has 0 unspecified atom stereocenters. The van der Waals surface area contributed by atoms with Crippen molar-refractivity contribution in [1.82, 2.24) is 10.5 Å². The van der Waals surface area contributed by atoms with Crippen LogP contribution in [-0.4, -0.2) is 18.2 Å². The van der Waals surface area contributed by atoms with Crippen molar-refractivity contribution in [3.8, 4) is 0 Å². The molecule has 1 N–H and O–H groups in total. The van der Waals surface area contributed by atoms with Gasteiger partial charge in [-0.05, 0) is 0 Å². The monoisotopic (exact) mass is 160 g/mol. The molecule has 56 valence electrons. The first-order valence-corrected chi connectivity index (χ1v) is 3.08. The Morgan fingerprint density at radius 1 is 1.60 bits per heavy atom. The molecule has 1 aliphatic heterocycles. The number of rotatable bonds is 1. The molecule has 0 saturated carbocycles. The van der Waals surface area contributed by atoms with Crippen LogP contribution in [0.2, 0.25) is 0 Å². The zero-order valence-electron chi connectivity index (χ0n) is 5.41. The van der Waals surface area contributed by atoms with Crippen molar-refractivity contribution in [1.29, 1.82) is 0 Å². The third kappa shape index (κ3) is 1.15. The molecule has 1 aromatic rings. The van der Waals surface area contributed by atoms with Crippen molar-refractivity contribution < 1.29 is 4.52 Å². The van der Waals surface area contributed by atoms with Gasteiger partial charge in [0.2, 0.25) is 0 Å². The molecule has 0 spiro atoms. The van der Waals surface area contributed by atoms with Crippen molar-refractivity contribution in [2.24, 2.45) is 0 Å². The third-order valence-electron chi connectivity index (χ3n) is 1.66. The van der Waals surface area contributed by atoms with Crippen LogP contribution in [0.3, 0.4) is 0 Å². The summed E-state index contributed by atoms with van der Waals surface area (Å²) in [6.07, 6.45) is 1.62. The zero-order valence-corrected chi connectivity index (χ0v) is 6.23. The second-order valence-electron chi connectivity index (χ2n) is 2.28. The summed E-state index contributed by atoms with van der Waals surface area (Å²) in [5.41, 5.74) is 1.08. The molecule has 1 aromatic heterocycles. The smallest absolute Gasteiger partial charge is 0.124 e. The average molecular weight is 161 g/mol. The summed E-state index contributed by atoms with van der Waals surface area (Å²) >= 11 is 0. The van der Waals surface area contributed by atoms with Crippen molar-refractivity contribution in [3.05, 3.63) is 18.0 Å². The molecular formula is C6H9ClN2O. The van der Waals surface area contributed by atoms with Crippen LogP contribution in [0.15, 0.2) is 16.9 Å². The predicted molar refractivity (Wildman–Crippen MR) is 39.4 cm³/mol. The first-order valence-electron chi connectivity index (χ1n) is 3.08. The van der Waals surface area contributed by atoms with Crippen molar-refractivity contribution in [3.63, 3.8) is 0 Å². The van der Waals surface area contributed by atoms with Gasteiger partial charge in [0.1, 0.15) is 6.26 Å². The van der Waals surface area contributed by atoms with E-state index in [9.17, 15) is 0 Å². The van der Waals surface area contributed by atoms with Crippen molar-refractivity contribution in [2.45, 2.75) is 5.92 Å². The second kappa shape index (κ2) is 3.03. The van der Waals surface area contributed by atoms with Gasteiger partial charge in [0.05, 0.1) is 5.69 Å². The van der Waals surface area contributed by atoms with E-state index in [4.69, 9.17) is 4.52 Å². The summed E-state index contributed by atoms with van der Waals surface area (Å²) in [5.74, 6) is 0.601. The quantitative estimate of drug-likeness (QED) is 0.660. The van der Waals surface area contributed by atoms with Crippen LogP contribution in [-0.2, 0) is 0 Å². The molecule has 0 aliphatic carbocycles. The molecule has 0 atom stereocenters. The second-order valence-corrected chi connectivity index (χ2v) is 2.28. The molecular weight excluding hydrogens is 152 g/mol. The fourth-order valence-corrected chi connectivity index (χ4v) is 0.930. The molecule has 2 rings (SSSR count). The van der Waals surface area contributed by atoms with Crippen molar-refractivity contribution >= 4 is 12.4 Å².